The third-order valence-corrected chi connectivity index (χ3v) is 3.44. The van der Waals surface area contributed by atoms with Gasteiger partial charge in [0.15, 0.2) is 0 Å². The molecule has 1 atom stereocenters. The second-order valence-electron chi connectivity index (χ2n) is 4.46. The maximum absolute atomic E-state index is 9.49. The van der Waals surface area contributed by atoms with Gasteiger partial charge in [-0.25, -0.2) is 0 Å². The fourth-order valence-electron chi connectivity index (χ4n) is 2.08. The summed E-state index contributed by atoms with van der Waals surface area (Å²) in [5, 5.41) is 10.2. The van der Waals surface area contributed by atoms with Crippen LogP contribution in [0.2, 0.25) is 5.02 Å². The topological polar surface area (TPSA) is 20.2 Å². The van der Waals surface area contributed by atoms with E-state index in [-0.39, 0.29) is 12.5 Å². The maximum Gasteiger partial charge on any atom is 0.0499 e. The fourth-order valence-corrected chi connectivity index (χ4v) is 2.21. The highest BCUT2D eigenvalue weighted by Crippen LogP contribution is 2.23. The van der Waals surface area contributed by atoms with Crippen LogP contribution in [-0.4, -0.2) is 11.7 Å². The molecule has 0 aliphatic heterocycles. The van der Waals surface area contributed by atoms with Crippen molar-refractivity contribution in [2.75, 3.05) is 6.61 Å². The molecule has 0 unspecified atom stereocenters. The summed E-state index contributed by atoms with van der Waals surface area (Å²) in [6.07, 6.45) is 1.93. The quantitative estimate of drug-likeness (QED) is 0.860. The van der Waals surface area contributed by atoms with Crippen LogP contribution in [0.1, 0.15) is 23.5 Å². The zero-order chi connectivity index (χ0) is 12.8. The highest BCUT2D eigenvalue weighted by molar-refractivity contribution is 6.30. The maximum atomic E-state index is 9.49. The first-order valence-corrected chi connectivity index (χ1v) is 6.57. The Kier molecular flexibility index (Phi) is 4.80. The summed E-state index contributed by atoms with van der Waals surface area (Å²) in [7, 11) is 0. The minimum absolute atomic E-state index is 0.175. The number of halogens is 1. The van der Waals surface area contributed by atoms with Gasteiger partial charge >= 0.3 is 0 Å². The Morgan fingerprint density at radius 1 is 0.944 bits per heavy atom. The van der Waals surface area contributed by atoms with Gasteiger partial charge in [-0.15, -0.1) is 0 Å². The number of rotatable bonds is 5. The number of hydrogen-bond acceptors (Lipinski definition) is 1. The van der Waals surface area contributed by atoms with Crippen LogP contribution >= 0.6 is 11.6 Å². The van der Waals surface area contributed by atoms with Gasteiger partial charge in [-0.3, -0.25) is 0 Å². The molecule has 0 saturated heterocycles. The minimum Gasteiger partial charge on any atom is -0.396 e. The summed E-state index contributed by atoms with van der Waals surface area (Å²) < 4.78 is 0. The molecule has 18 heavy (non-hydrogen) atoms. The Labute approximate surface area is 113 Å². The van der Waals surface area contributed by atoms with Crippen molar-refractivity contribution in [1.82, 2.24) is 0 Å². The molecule has 0 amide bonds. The normalized spacial score (nSPS) is 12.3. The van der Waals surface area contributed by atoms with Crippen molar-refractivity contribution in [3.63, 3.8) is 0 Å². The Hall–Kier alpha value is -1.31. The van der Waals surface area contributed by atoms with Crippen molar-refractivity contribution in [2.45, 2.75) is 18.8 Å². The standard InChI is InChI=1S/C16H17ClO/c17-16-10-8-14(9-11-16)15(12-18)7-6-13-4-2-1-3-5-13/h1-5,8-11,15,18H,6-7,12H2/t15-/m0/s1. The van der Waals surface area contributed by atoms with Gasteiger partial charge < -0.3 is 5.11 Å². The molecule has 0 spiro atoms. The zero-order valence-electron chi connectivity index (χ0n) is 10.2. The number of benzene rings is 2. The molecule has 0 aliphatic rings. The molecule has 0 aliphatic carbocycles. The molecular weight excluding hydrogens is 244 g/mol. The van der Waals surface area contributed by atoms with E-state index in [1.165, 1.54) is 5.56 Å². The largest absolute Gasteiger partial charge is 0.396 e. The van der Waals surface area contributed by atoms with Gasteiger partial charge in [0.2, 0.25) is 0 Å². The number of aliphatic hydroxyl groups is 1. The first-order chi connectivity index (χ1) is 8.79. The second-order valence-corrected chi connectivity index (χ2v) is 4.89. The van der Waals surface area contributed by atoms with E-state index >= 15 is 0 Å². The molecule has 2 rings (SSSR count). The lowest BCUT2D eigenvalue weighted by atomic mass is 9.93. The van der Waals surface area contributed by atoms with E-state index in [0.717, 1.165) is 23.4 Å². The summed E-state index contributed by atoms with van der Waals surface area (Å²) >= 11 is 5.87. The molecule has 0 radical (unpaired) electrons. The zero-order valence-corrected chi connectivity index (χ0v) is 11.0. The molecule has 0 saturated carbocycles. The summed E-state index contributed by atoms with van der Waals surface area (Å²) in [6.45, 7) is 0.175. The number of aryl methyl sites for hydroxylation is 1. The smallest absolute Gasteiger partial charge is 0.0499 e. The van der Waals surface area contributed by atoms with Crippen LogP contribution < -0.4 is 0 Å². The van der Waals surface area contributed by atoms with Crippen molar-refractivity contribution in [2.24, 2.45) is 0 Å². The van der Waals surface area contributed by atoms with Crippen molar-refractivity contribution in [3.05, 3.63) is 70.7 Å². The van der Waals surface area contributed by atoms with Crippen LogP contribution in [0.3, 0.4) is 0 Å². The summed E-state index contributed by atoms with van der Waals surface area (Å²) in [5.74, 6) is 0.183. The molecule has 1 N–H and O–H groups in total. The first-order valence-electron chi connectivity index (χ1n) is 6.20. The van der Waals surface area contributed by atoms with Crippen LogP contribution in [-0.2, 0) is 6.42 Å². The van der Waals surface area contributed by atoms with E-state index in [4.69, 9.17) is 11.6 Å². The summed E-state index contributed by atoms with van der Waals surface area (Å²) in [4.78, 5) is 0. The molecule has 2 aromatic rings. The predicted octanol–water partition coefficient (Wildman–Crippen LogP) is 4.05. The number of aliphatic hydroxyl groups excluding tert-OH is 1. The second kappa shape index (κ2) is 6.58. The van der Waals surface area contributed by atoms with Crippen molar-refractivity contribution >= 4 is 11.6 Å². The fraction of sp³-hybridized carbons (Fsp3) is 0.250. The molecule has 2 heteroatoms. The lowest BCUT2D eigenvalue weighted by molar-refractivity contribution is 0.259. The van der Waals surface area contributed by atoms with Gasteiger partial charge in [0, 0.05) is 17.5 Å². The van der Waals surface area contributed by atoms with E-state index in [1.54, 1.807) is 0 Å². The van der Waals surface area contributed by atoms with Gasteiger partial charge in [0.05, 0.1) is 0 Å². The van der Waals surface area contributed by atoms with Gasteiger partial charge in [-0.1, -0.05) is 54.1 Å². The molecule has 1 nitrogen and oxygen atoms in total. The molecule has 2 aromatic carbocycles. The Morgan fingerprint density at radius 2 is 1.61 bits per heavy atom. The SMILES string of the molecule is OC[C@H](CCc1ccccc1)c1ccc(Cl)cc1. The van der Waals surface area contributed by atoms with Gasteiger partial charge in [-0.05, 0) is 36.1 Å². The van der Waals surface area contributed by atoms with E-state index in [1.807, 2.05) is 42.5 Å². The van der Waals surface area contributed by atoms with Crippen LogP contribution in [0.25, 0.3) is 0 Å². The summed E-state index contributed by atoms with van der Waals surface area (Å²) in [5.41, 5.74) is 2.46. The lowest BCUT2D eigenvalue weighted by Crippen LogP contribution is -2.05. The lowest BCUT2D eigenvalue weighted by Gasteiger charge is -2.14. The third kappa shape index (κ3) is 3.59. The van der Waals surface area contributed by atoms with Crippen molar-refractivity contribution < 1.29 is 5.11 Å². The number of hydrogen-bond donors (Lipinski definition) is 1. The molecular formula is C16H17ClO. The Morgan fingerprint density at radius 3 is 2.22 bits per heavy atom. The monoisotopic (exact) mass is 260 g/mol. The summed E-state index contributed by atoms with van der Waals surface area (Å²) in [6, 6.07) is 18.1. The average molecular weight is 261 g/mol. The van der Waals surface area contributed by atoms with Crippen LogP contribution in [0.5, 0.6) is 0 Å². The van der Waals surface area contributed by atoms with E-state index in [2.05, 4.69) is 12.1 Å². The minimum atomic E-state index is 0.175. The van der Waals surface area contributed by atoms with Crippen molar-refractivity contribution in [1.29, 1.82) is 0 Å². The molecule has 0 fully saturated rings. The van der Waals surface area contributed by atoms with Gasteiger partial charge in [0.25, 0.3) is 0 Å². The van der Waals surface area contributed by atoms with Crippen molar-refractivity contribution in [3.8, 4) is 0 Å². The average Bonchev–Trinajstić information content (AvgIpc) is 2.42. The van der Waals surface area contributed by atoms with E-state index in [9.17, 15) is 5.11 Å². The highest BCUT2D eigenvalue weighted by Gasteiger charge is 2.10. The Bertz CT molecular complexity index is 464. The van der Waals surface area contributed by atoms with Crippen LogP contribution in [0, 0.1) is 0 Å². The first kappa shape index (κ1) is 13.1. The van der Waals surface area contributed by atoms with Gasteiger partial charge in [0.1, 0.15) is 0 Å². The van der Waals surface area contributed by atoms with Gasteiger partial charge in [-0.2, -0.15) is 0 Å². The van der Waals surface area contributed by atoms with E-state index < -0.39 is 0 Å². The highest BCUT2D eigenvalue weighted by atomic mass is 35.5. The van der Waals surface area contributed by atoms with E-state index in [0.29, 0.717) is 0 Å². The predicted molar refractivity (Wildman–Crippen MR) is 76.0 cm³/mol. The molecule has 94 valence electrons. The van der Waals surface area contributed by atoms with Crippen LogP contribution in [0.15, 0.2) is 54.6 Å². The Balaban J connectivity index is 1.99. The molecule has 0 heterocycles. The molecule has 0 aromatic heterocycles. The third-order valence-electron chi connectivity index (χ3n) is 3.19. The van der Waals surface area contributed by atoms with Crippen LogP contribution in [0.4, 0.5) is 0 Å². The molecule has 0 bridgehead atoms.